The molecule has 0 aliphatic carbocycles. The molecule has 0 aromatic heterocycles. The molecule has 0 bridgehead atoms. The summed E-state index contributed by atoms with van der Waals surface area (Å²) in [4.78, 5) is 13.6. The fourth-order valence-corrected chi connectivity index (χ4v) is 3.03. The molecule has 1 rings (SSSR count). The maximum absolute atomic E-state index is 11.6. The van der Waals surface area contributed by atoms with Crippen molar-refractivity contribution in [2.45, 2.75) is 84.0 Å². The summed E-state index contributed by atoms with van der Waals surface area (Å²) in [6, 6.07) is 0. The molecular formula is C18H36N2O. The molecule has 0 aromatic carbocycles. The van der Waals surface area contributed by atoms with Gasteiger partial charge in [-0.15, -0.1) is 0 Å². The highest BCUT2D eigenvalue weighted by atomic mass is 16.2. The standard InChI is InChI=1S/C18H36N2O/c1-2-3-4-5-6-7-8-9-10-11-12-13-15-20-16-14-19-17-18(20)21/h19H,2-17H2,1H3. The van der Waals surface area contributed by atoms with E-state index in [1.54, 1.807) is 0 Å². The van der Waals surface area contributed by atoms with Crippen molar-refractivity contribution in [1.82, 2.24) is 10.2 Å². The second kappa shape index (κ2) is 13.1. The monoisotopic (exact) mass is 296 g/mol. The predicted octanol–water partition coefficient (Wildman–Crippen LogP) is 4.12. The predicted molar refractivity (Wildman–Crippen MR) is 90.5 cm³/mol. The Hall–Kier alpha value is -0.570. The normalized spacial score (nSPS) is 15.7. The van der Waals surface area contributed by atoms with E-state index in [4.69, 9.17) is 0 Å². The van der Waals surface area contributed by atoms with E-state index in [-0.39, 0.29) is 5.91 Å². The van der Waals surface area contributed by atoms with Crippen LogP contribution >= 0.6 is 0 Å². The Morgan fingerprint density at radius 2 is 1.38 bits per heavy atom. The van der Waals surface area contributed by atoms with Crippen LogP contribution in [0.4, 0.5) is 0 Å². The molecule has 1 saturated heterocycles. The van der Waals surface area contributed by atoms with E-state index in [1.807, 2.05) is 4.90 Å². The van der Waals surface area contributed by atoms with Crippen LogP contribution in [0.3, 0.4) is 0 Å². The third-order valence-electron chi connectivity index (χ3n) is 4.47. The second-order valence-corrected chi connectivity index (χ2v) is 6.45. The number of amides is 1. The molecule has 21 heavy (non-hydrogen) atoms. The lowest BCUT2D eigenvalue weighted by Gasteiger charge is -2.27. The number of unbranched alkanes of at least 4 members (excludes halogenated alkanes) is 11. The minimum Gasteiger partial charge on any atom is -0.340 e. The number of hydrogen-bond donors (Lipinski definition) is 1. The van der Waals surface area contributed by atoms with Crippen molar-refractivity contribution in [3.05, 3.63) is 0 Å². The smallest absolute Gasteiger partial charge is 0.236 e. The largest absolute Gasteiger partial charge is 0.340 e. The van der Waals surface area contributed by atoms with Crippen LogP contribution < -0.4 is 5.32 Å². The Kier molecular flexibility index (Phi) is 11.5. The van der Waals surface area contributed by atoms with Gasteiger partial charge in [-0.3, -0.25) is 4.79 Å². The maximum Gasteiger partial charge on any atom is 0.236 e. The van der Waals surface area contributed by atoms with Gasteiger partial charge >= 0.3 is 0 Å². The van der Waals surface area contributed by atoms with Crippen LogP contribution in [0.5, 0.6) is 0 Å². The molecule has 1 N–H and O–H groups in total. The Morgan fingerprint density at radius 1 is 0.857 bits per heavy atom. The SMILES string of the molecule is CCCCCCCCCCCCCCN1CCNCC1=O. The highest BCUT2D eigenvalue weighted by Crippen LogP contribution is 2.12. The number of nitrogens with one attached hydrogen (secondary N) is 1. The van der Waals surface area contributed by atoms with Gasteiger partial charge in [-0.05, 0) is 6.42 Å². The van der Waals surface area contributed by atoms with Gasteiger partial charge in [-0.25, -0.2) is 0 Å². The molecule has 0 atom stereocenters. The summed E-state index contributed by atoms with van der Waals surface area (Å²) in [6.07, 6.45) is 16.5. The molecule has 0 radical (unpaired) electrons. The van der Waals surface area contributed by atoms with Gasteiger partial charge in [0.05, 0.1) is 6.54 Å². The van der Waals surface area contributed by atoms with Crippen LogP contribution in [0, 0.1) is 0 Å². The molecule has 1 amide bonds. The zero-order valence-electron chi connectivity index (χ0n) is 14.2. The summed E-state index contributed by atoms with van der Waals surface area (Å²) in [6.45, 7) is 5.65. The molecule has 3 heteroatoms. The average Bonchev–Trinajstić information content (AvgIpc) is 2.50. The quantitative estimate of drug-likeness (QED) is 0.519. The summed E-state index contributed by atoms with van der Waals surface area (Å²) in [5.74, 6) is 0.282. The van der Waals surface area contributed by atoms with Gasteiger partial charge in [0.15, 0.2) is 0 Å². The number of rotatable bonds is 13. The van der Waals surface area contributed by atoms with Crippen LogP contribution in [0.2, 0.25) is 0 Å². The lowest BCUT2D eigenvalue weighted by molar-refractivity contribution is -0.131. The maximum atomic E-state index is 11.6. The van der Waals surface area contributed by atoms with Crippen molar-refractivity contribution in [2.75, 3.05) is 26.2 Å². The molecule has 1 aliphatic rings. The summed E-state index contributed by atoms with van der Waals surface area (Å²) < 4.78 is 0. The minimum atomic E-state index is 0.282. The average molecular weight is 296 g/mol. The zero-order chi connectivity index (χ0) is 15.2. The number of carbonyl (C=O) groups is 1. The Labute approximate surface area is 131 Å². The van der Waals surface area contributed by atoms with E-state index < -0.39 is 0 Å². The van der Waals surface area contributed by atoms with Crippen molar-refractivity contribution in [2.24, 2.45) is 0 Å². The zero-order valence-corrected chi connectivity index (χ0v) is 14.2. The van der Waals surface area contributed by atoms with Gasteiger partial charge in [0.2, 0.25) is 5.91 Å². The highest BCUT2D eigenvalue weighted by Gasteiger charge is 2.16. The van der Waals surface area contributed by atoms with Crippen LogP contribution in [0.25, 0.3) is 0 Å². The first-order chi connectivity index (χ1) is 10.3. The van der Waals surface area contributed by atoms with Gasteiger partial charge in [0, 0.05) is 19.6 Å². The fourth-order valence-electron chi connectivity index (χ4n) is 3.03. The summed E-state index contributed by atoms with van der Waals surface area (Å²) in [5.41, 5.74) is 0. The van der Waals surface area contributed by atoms with Crippen molar-refractivity contribution in [3.63, 3.8) is 0 Å². The number of carbonyl (C=O) groups excluding carboxylic acids is 1. The number of nitrogens with zero attached hydrogens (tertiary/aromatic N) is 1. The molecule has 0 spiro atoms. The molecule has 1 aliphatic heterocycles. The Bertz CT molecular complexity index is 256. The second-order valence-electron chi connectivity index (χ2n) is 6.45. The Morgan fingerprint density at radius 3 is 1.90 bits per heavy atom. The first-order valence-electron chi connectivity index (χ1n) is 9.33. The van der Waals surface area contributed by atoms with E-state index >= 15 is 0 Å². The summed E-state index contributed by atoms with van der Waals surface area (Å²) in [5, 5.41) is 3.12. The molecule has 1 fully saturated rings. The van der Waals surface area contributed by atoms with Crippen molar-refractivity contribution >= 4 is 5.91 Å². The third kappa shape index (κ3) is 9.89. The third-order valence-corrected chi connectivity index (χ3v) is 4.47. The van der Waals surface area contributed by atoms with Crippen LogP contribution in [0.15, 0.2) is 0 Å². The van der Waals surface area contributed by atoms with Gasteiger partial charge in [0.1, 0.15) is 0 Å². The fraction of sp³-hybridized carbons (Fsp3) is 0.944. The molecular weight excluding hydrogens is 260 g/mol. The van der Waals surface area contributed by atoms with E-state index in [2.05, 4.69) is 12.2 Å². The first-order valence-corrected chi connectivity index (χ1v) is 9.33. The highest BCUT2D eigenvalue weighted by molar-refractivity contribution is 5.78. The first kappa shape index (κ1) is 18.5. The van der Waals surface area contributed by atoms with Gasteiger partial charge in [-0.2, -0.15) is 0 Å². The number of piperazine rings is 1. The topological polar surface area (TPSA) is 32.3 Å². The van der Waals surface area contributed by atoms with E-state index in [0.29, 0.717) is 6.54 Å². The van der Waals surface area contributed by atoms with E-state index in [9.17, 15) is 4.79 Å². The minimum absolute atomic E-state index is 0.282. The van der Waals surface area contributed by atoms with Crippen molar-refractivity contribution in [1.29, 1.82) is 0 Å². The van der Waals surface area contributed by atoms with Gasteiger partial charge in [0.25, 0.3) is 0 Å². The van der Waals surface area contributed by atoms with Crippen LogP contribution in [0.1, 0.15) is 84.0 Å². The van der Waals surface area contributed by atoms with Gasteiger partial charge < -0.3 is 10.2 Å². The molecule has 124 valence electrons. The molecule has 0 aromatic rings. The summed E-state index contributed by atoms with van der Waals surface area (Å²) in [7, 11) is 0. The van der Waals surface area contributed by atoms with E-state index in [1.165, 1.54) is 77.0 Å². The lowest BCUT2D eigenvalue weighted by Crippen LogP contribution is -2.48. The van der Waals surface area contributed by atoms with Crippen molar-refractivity contribution in [3.8, 4) is 0 Å². The van der Waals surface area contributed by atoms with Gasteiger partial charge in [-0.1, -0.05) is 77.6 Å². The molecule has 1 heterocycles. The summed E-state index contributed by atoms with van der Waals surface area (Å²) >= 11 is 0. The number of hydrogen-bond acceptors (Lipinski definition) is 2. The molecule has 0 saturated carbocycles. The van der Waals surface area contributed by atoms with Crippen molar-refractivity contribution < 1.29 is 4.79 Å². The van der Waals surface area contributed by atoms with E-state index in [0.717, 1.165) is 19.6 Å². The van der Waals surface area contributed by atoms with Crippen LogP contribution in [-0.4, -0.2) is 37.0 Å². The lowest BCUT2D eigenvalue weighted by atomic mass is 10.1. The molecule has 3 nitrogen and oxygen atoms in total. The van der Waals surface area contributed by atoms with Crippen LogP contribution in [-0.2, 0) is 4.79 Å². The Balaban J connectivity index is 1.77. The molecule has 0 unspecified atom stereocenters.